The Hall–Kier alpha value is -1.52. The zero-order valence-corrected chi connectivity index (χ0v) is 9.11. The van der Waals surface area contributed by atoms with Crippen LogP contribution in [0.3, 0.4) is 0 Å². The predicted octanol–water partition coefficient (Wildman–Crippen LogP) is 1.25. The maximum atomic E-state index is 11.5. The lowest BCUT2D eigenvalue weighted by atomic mass is 9.98. The summed E-state index contributed by atoms with van der Waals surface area (Å²) in [5.41, 5.74) is -0.0924. The lowest BCUT2D eigenvalue weighted by Gasteiger charge is -2.40. The molecule has 5 nitrogen and oxygen atoms in total. The van der Waals surface area contributed by atoms with E-state index in [-0.39, 0.29) is 6.54 Å². The van der Waals surface area contributed by atoms with E-state index in [0.29, 0.717) is 5.57 Å². The normalized spacial score (nSPS) is 20.9. The second-order valence-corrected chi connectivity index (χ2v) is 4.51. The second-order valence-electron chi connectivity index (χ2n) is 4.51. The number of carbonyl (C=O) groups is 2. The minimum absolute atomic E-state index is 0.256. The van der Waals surface area contributed by atoms with Gasteiger partial charge in [0.25, 0.3) is 0 Å². The summed E-state index contributed by atoms with van der Waals surface area (Å²) in [5.74, 6) is -1.07. The number of likely N-dealkylation sites (tertiary alicyclic amines) is 1. The Morgan fingerprint density at radius 2 is 2.07 bits per heavy atom. The number of rotatable bonds is 1. The number of aliphatic carboxylic acids is 1. The topological polar surface area (TPSA) is 66.8 Å². The third-order valence-electron chi connectivity index (χ3n) is 1.93. The zero-order valence-electron chi connectivity index (χ0n) is 9.11. The molecule has 1 aliphatic rings. The molecule has 0 saturated carbocycles. The molecule has 84 valence electrons. The molecule has 5 heteroatoms. The molecule has 15 heavy (non-hydrogen) atoms. The highest BCUT2D eigenvalue weighted by Gasteiger charge is 2.43. The number of hydrogen-bond acceptors (Lipinski definition) is 3. The summed E-state index contributed by atoms with van der Waals surface area (Å²) in [4.78, 5) is 23.4. The minimum Gasteiger partial charge on any atom is -0.479 e. The number of nitrogens with zero attached hydrogens (tertiary/aromatic N) is 1. The van der Waals surface area contributed by atoms with Crippen LogP contribution in [0.2, 0.25) is 0 Å². The Morgan fingerprint density at radius 3 is 2.40 bits per heavy atom. The third-order valence-corrected chi connectivity index (χ3v) is 1.93. The van der Waals surface area contributed by atoms with Crippen LogP contribution in [0.1, 0.15) is 20.8 Å². The molecule has 1 atom stereocenters. The maximum Gasteiger partial charge on any atom is 0.411 e. The Kier molecular flexibility index (Phi) is 2.75. The summed E-state index contributed by atoms with van der Waals surface area (Å²) in [5, 5.41) is 8.81. The van der Waals surface area contributed by atoms with Gasteiger partial charge in [0.15, 0.2) is 6.04 Å². The van der Waals surface area contributed by atoms with E-state index in [2.05, 4.69) is 6.58 Å². The molecule has 1 rings (SSSR count). The minimum atomic E-state index is -1.07. The van der Waals surface area contributed by atoms with Crippen molar-refractivity contribution in [1.82, 2.24) is 4.90 Å². The van der Waals surface area contributed by atoms with Gasteiger partial charge in [-0.25, -0.2) is 9.59 Å². The van der Waals surface area contributed by atoms with Crippen molar-refractivity contribution in [2.75, 3.05) is 6.54 Å². The van der Waals surface area contributed by atoms with E-state index >= 15 is 0 Å². The highest BCUT2D eigenvalue weighted by Crippen LogP contribution is 2.25. The van der Waals surface area contributed by atoms with Crippen LogP contribution >= 0.6 is 0 Å². The predicted molar refractivity (Wildman–Crippen MR) is 53.5 cm³/mol. The summed E-state index contributed by atoms with van der Waals surface area (Å²) in [7, 11) is 0. The van der Waals surface area contributed by atoms with E-state index in [1.54, 1.807) is 20.8 Å². The Balaban J connectivity index is 2.63. The van der Waals surface area contributed by atoms with Gasteiger partial charge in [-0.3, -0.25) is 4.90 Å². The van der Waals surface area contributed by atoms with Crippen LogP contribution < -0.4 is 0 Å². The molecule has 1 heterocycles. The van der Waals surface area contributed by atoms with Crippen molar-refractivity contribution in [3.05, 3.63) is 12.2 Å². The quantitative estimate of drug-likeness (QED) is 0.665. The molecule has 0 spiro atoms. The summed E-state index contributed by atoms with van der Waals surface area (Å²) in [6.45, 7) is 9.01. The maximum absolute atomic E-state index is 11.5. The van der Waals surface area contributed by atoms with Gasteiger partial charge in [0.1, 0.15) is 5.60 Å². The first-order valence-electron chi connectivity index (χ1n) is 4.62. The molecule has 1 amide bonds. The van der Waals surface area contributed by atoms with E-state index in [1.165, 1.54) is 0 Å². The Morgan fingerprint density at radius 1 is 1.53 bits per heavy atom. The fourth-order valence-corrected chi connectivity index (χ4v) is 1.30. The fourth-order valence-electron chi connectivity index (χ4n) is 1.30. The van der Waals surface area contributed by atoms with Gasteiger partial charge < -0.3 is 9.84 Å². The molecule has 1 N–H and O–H groups in total. The molecule has 0 aliphatic carbocycles. The van der Waals surface area contributed by atoms with Crippen LogP contribution in [0.4, 0.5) is 4.79 Å². The molecular formula is C10H15NO4. The molecule has 0 aromatic heterocycles. The third kappa shape index (κ3) is 2.49. The summed E-state index contributed by atoms with van der Waals surface area (Å²) >= 11 is 0. The van der Waals surface area contributed by atoms with Crippen molar-refractivity contribution in [2.24, 2.45) is 0 Å². The molecule has 1 unspecified atom stereocenters. The monoisotopic (exact) mass is 213 g/mol. The fraction of sp³-hybridized carbons (Fsp3) is 0.600. The second kappa shape index (κ2) is 3.56. The molecule has 1 fully saturated rings. The summed E-state index contributed by atoms with van der Waals surface area (Å²) in [6.07, 6.45) is -0.609. The number of carboxylic acids is 1. The van der Waals surface area contributed by atoms with Gasteiger partial charge in [0, 0.05) is 6.54 Å². The Bertz CT molecular complexity index is 308. The van der Waals surface area contributed by atoms with Crippen molar-refractivity contribution in [2.45, 2.75) is 32.4 Å². The molecule has 0 bridgehead atoms. The highest BCUT2D eigenvalue weighted by atomic mass is 16.6. The molecule has 0 aromatic carbocycles. The van der Waals surface area contributed by atoms with Gasteiger partial charge >= 0.3 is 12.1 Å². The Labute approximate surface area is 88.3 Å². The van der Waals surface area contributed by atoms with Gasteiger partial charge in [-0.1, -0.05) is 6.58 Å². The SMILES string of the molecule is C=C1CN(C(=O)OC(C)(C)C)C1C(=O)O. The first-order chi connectivity index (χ1) is 6.72. The van der Waals surface area contributed by atoms with Gasteiger partial charge in [-0.15, -0.1) is 0 Å². The summed E-state index contributed by atoms with van der Waals surface area (Å²) < 4.78 is 5.05. The highest BCUT2D eigenvalue weighted by molar-refractivity contribution is 5.86. The van der Waals surface area contributed by atoms with E-state index in [4.69, 9.17) is 9.84 Å². The number of hydrogen-bond donors (Lipinski definition) is 1. The summed E-state index contributed by atoms with van der Waals surface area (Å²) in [6, 6.07) is -0.931. The average molecular weight is 213 g/mol. The largest absolute Gasteiger partial charge is 0.479 e. The van der Waals surface area contributed by atoms with Crippen LogP contribution in [-0.4, -0.2) is 40.3 Å². The lowest BCUT2D eigenvalue weighted by molar-refractivity contribution is -0.144. The smallest absolute Gasteiger partial charge is 0.411 e. The molecule has 1 saturated heterocycles. The first-order valence-corrected chi connectivity index (χ1v) is 4.62. The van der Waals surface area contributed by atoms with E-state index in [1.807, 2.05) is 0 Å². The van der Waals surface area contributed by atoms with Crippen molar-refractivity contribution in [1.29, 1.82) is 0 Å². The van der Waals surface area contributed by atoms with Gasteiger partial charge in [0.2, 0.25) is 0 Å². The van der Waals surface area contributed by atoms with Crippen LogP contribution in [0.25, 0.3) is 0 Å². The number of amides is 1. The van der Waals surface area contributed by atoms with Crippen molar-refractivity contribution < 1.29 is 19.4 Å². The van der Waals surface area contributed by atoms with Crippen LogP contribution in [0, 0.1) is 0 Å². The zero-order chi connectivity index (χ0) is 11.8. The van der Waals surface area contributed by atoms with Crippen LogP contribution in [-0.2, 0) is 9.53 Å². The van der Waals surface area contributed by atoms with E-state index in [0.717, 1.165) is 4.90 Å². The number of carbonyl (C=O) groups excluding carboxylic acids is 1. The van der Waals surface area contributed by atoms with Gasteiger partial charge in [-0.2, -0.15) is 0 Å². The van der Waals surface area contributed by atoms with Gasteiger partial charge in [0.05, 0.1) is 0 Å². The average Bonchev–Trinajstić information content (AvgIpc) is 1.94. The number of carboxylic acid groups (broad SMARTS) is 1. The molecular weight excluding hydrogens is 198 g/mol. The van der Waals surface area contributed by atoms with Crippen molar-refractivity contribution in [3.8, 4) is 0 Å². The van der Waals surface area contributed by atoms with Crippen molar-refractivity contribution in [3.63, 3.8) is 0 Å². The van der Waals surface area contributed by atoms with Crippen LogP contribution in [0.5, 0.6) is 0 Å². The lowest BCUT2D eigenvalue weighted by Crippen LogP contribution is -2.57. The van der Waals surface area contributed by atoms with Crippen molar-refractivity contribution >= 4 is 12.1 Å². The van der Waals surface area contributed by atoms with E-state index < -0.39 is 23.7 Å². The van der Waals surface area contributed by atoms with Gasteiger partial charge in [-0.05, 0) is 26.3 Å². The first kappa shape index (κ1) is 11.6. The molecule has 0 radical (unpaired) electrons. The molecule has 1 aliphatic heterocycles. The van der Waals surface area contributed by atoms with E-state index in [9.17, 15) is 9.59 Å². The number of ether oxygens (including phenoxy) is 1. The standard InChI is InChI=1S/C10H15NO4/c1-6-5-11(7(6)8(12)13)9(14)15-10(2,3)4/h7H,1,5H2,2-4H3,(H,12,13). The molecule has 0 aromatic rings. The van der Waals surface area contributed by atoms with Crippen LogP contribution in [0.15, 0.2) is 12.2 Å².